The molecular formula is C18H28FN5O2. The van der Waals surface area contributed by atoms with Gasteiger partial charge >= 0.3 is 0 Å². The summed E-state index contributed by atoms with van der Waals surface area (Å²) in [7, 11) is 5.54. The van der Waals surface area contributed by atoms with Crippen LogP contribution in [0.1, 0.15) is 19.3 Å². The highest BCUT2D eigenvalue weighted by Crippen LogP contribution is 2.27. The molecule has 2 aliphatic rings. The Balaban J connectivity index is 1.69. The number of likely N-dealkylation sites (N-methyl/N-ethyl adjacent to an activating group) is 1. The summed E-state index contributed by atoms with van der Waals surface area (Å²) in [5.41, 5.74) is 0. The molecule has 0 saturated carbocycles. The van der Waals surface area contributed by atoms with E-state index in [9.17, 15) is 9.18 Å². The van der Waals surface area contributed by atoms with Crippen LogP contribution in [0.4, 0.5) is 16.2 Å². The van der Waals surface area contributed by atoms with E-state index in [0.29, 0.717) is 37.9 Å². The van der Waals surface area contributed by atoms with Crippen molar-refractivity contribution in [2.75, 3.05) is 57.2 Å². The monoisotopic (exact) mass is 365 g/mol. The lowest BCUT2D eigenvalue weighted by atomic mass is 10.0. The van der Waals surface area contributed by atoms with Gasteiger partial charge in [0, 0.05) is 46.9 Å². The van der Waals surface area contributed by atoms with Crippen LogP contribution < -0.4 is 9.80 Å². The summed E-state index contributed by atoms with van der Waals surface area (Å²) in [6, 6.07) is 1.71. The van der Waals surface area contributed by atoms with Crippen LogP contribution in [0.15, 0.2) is 12.3 Å². The van der Waals surface area contributed by atoms with E-state index in [0.717, 1.165) is 19.4 Å². The Bertz CT molecular complexity index is 623. The van der Waals surface area contributed by atoms with Crippen molar-refractivity contribution in [1.29, 1.82) is 0 Å². The van der Waals surface area contributed by atoms with E-state index in [2.05, 4.69) is 9.97 Å². The number of rotatable bonds is 5. The number of hydrogen-bond donors (Lipinski definition) is 0. The molecule has 0 radical (unpaired) electrons. The normalized spacial score (nSPS) is 26.0. The highest BCUT2D eigenvalue weighted by Gasteiger charge is 2.35. The van der Waals surface area contributed by atoms with E-state index in [1.54, 1.807) is 24.2 Å². The summed E-state index contributed by atoms with van der Waals surface area (Å²) in [6.07, 6.45) is 2.95. The Labute approximate surface area is 154 Å². The second-order valence-electron chi connectivity index (χ2n) is 7.38. The van der Waals surface area contributed by atoms with Gasteiger partial charge in [-0.1, -0.05) is 0 Å². The van der Waals surface area contributed by atoms with Gasteiger partial charge in [0.25, 0.3) is 0 Å². The van der Waals surface area contributed by atoms with Crippen molar-refractivity contribution < 1.29 is 13.9 Å². The molecule has 8 heteroatoms. The number of aromatic nitrogens is 2. The van der Waals surface area contributed by atoms with Gasteiger partial charge in [-0.15, -0.1) is 0 Å². The summed E-state index contributed by atoms with van der Waals surface area (Å²) in [4.78, 5) is 26.9. The highest BCUT2D eigenvalue weighted by atomic mass is 19.1. The largest absolute Gasteiger partial charge is 0.381 e. The van der Waals surface area contributed by atoms with Crippen LogP contribution in [0.25, 0.3) is 0 Å². The Morgan fingerprint density at radius 2 is 2.23 bits per heavy atom. The summed E-state index contributed by atoms with van der Waals surface area (Å²) in [5.74, 6) is 1.30. The Kier molecular flexibility index (Phi) is 5.90. The van der Waals surface area contributed by atoms with Crippen molar-refractivity contribution in [2.24, 2.45) is 5.92 Å². The number of anilines is 2. The van der Waals surface area contributed by atoms with Crippen molar-refractivity contribution in [3.63, 3.8) is 0 Å². The Hall–Kier alpha value is -1.96. The van der Waals surface area contributed by atoms with E-state index in [1.807, 2.05) is 23.9 Å². The number of ether oxygens (including phenoxy) is 1. The summed E-state index contributed by atoms with van der Waals surface area (Å²) >= 11 is 0. The molecule has 1 aromatic rings. The fraction of sp³-hybridized carbons (Fsp3) is 0.722. The first kappa shape index (κ1) is 18.8. The molecule has 7 nitrogen and oxygen atoms in total. The maximum atomic E-state index is 14.2. The minimum absolute atomic E-state index is 0.0795. The third kappa shape index (κ3) is 4.23. The van der Waals surface area contributed by atoms with Gasteiger partial charge in [-0.25, -0.2) is 9.37 Å². The van der Waals surface area contributed by atoms with Crippen molar-refractivity contribution in [3.8, 4) is 0 Å². The standard InChI is InChI=1S/C18H28FN5O2/c1-22(2)18-20-7-6-16(21-18)24-10-14(19)9-15(24)11-23(3)17(25)13-5-4-8-26-12-13/h6-7,13-15H,4-5,8-12H2,1-3H3/t13-,14+,15+/m1/s1. The lowest BCUT2D eigenvalue weighted by molar-refractivity contribution is -0.138. The van der Waals surface area contributed by atoms with E-state index in [-0.39, 0.29) is 17.9 Å². The number of hydrogen-bond acceptors (Lipinski definition) is 6. The summed E-state index contributed by atoms with van der Waals surface area (Å²) in [5, 5.41) is 0. The van der Waals surface area contributed by atoms with E-state index in [4.69, 9.17) is 4.74 Å². The second kappa shape index (κ2) is 8.16. The van der Waals surface area contributed by atoms with Gasteiger partial charge in [-0.05, 0) is 18.9 Å². The zero-order chi connectivity index (χ0) is 18.7. The van der Waals surface area contributed by atoms with E-state index >= 15 is 0 Å². The fourth-order valence-corrected chi connectivity index (χ4v) is 3.68. The van der Waals surface area contributed by atoms with Crippen LogP contribution >= 0.6 is 0 Å². The van der Waals surface area contributed by atoms with Crippen LogP contribution in [0, 0.1) is 5.92 Å². The van der Waals surface area contributed by atoms with Crippen LogP contribution in [-0.4, -0.2) is 80.4 Å². The predicted octanol–water partition coefficient (Wildman–Crippen LogP) is 1.34. The molecule has 144 valence electrons. The Morgan fingerprint density at radius 3 is 2.92 bits per heavy atom. The lowest BCUT2D eigenvalue weighted by Crippen LogP contribution is -2.45. The molecule has 2 saturated heterocycles. The fourth-order valence-electron chi connectivity index (χ4n) is 3.68. The first-order valence-corrected chi connectivity index (χ1v) is 9.19. The van der Waals surface area contributed by atoms with Gasteiger partial charge < -0.3 is 19.4 Å². The SMILES string of the molecule is CN(C[C@@H]1C[C@H](F)CN1c1ccnc(N(C)C)n1)C(=O)[C@@H]1CCCOC1. The molecule has 3 atom stereocenters. The van der Waals surface area contributed by atoms with E-state index in [1.165, 1.54) is 0 Å². The molecule has 0 spiro atoms. The number of alkyl halides is 1. The number of carbonyl (C=O) groups excluding carboxylic acids is 1. The second-order valence-corrected chi connectivity index (χ2v) is 7.38. The molecule has 1 aromatic heterocycles. The van der Waals surface area contributed by atoms with Gasteiger partial charge in [-0.2, -0.15) is 4.98 Å². The zero-order valence-corrected chi connectivity index (χ0v) is 15.8. The van der Waals surface area contributed by atoms with Gasteiger partial charge in [0.1, 0.15) is 12.0 Å². The molecule has 0 aromatic carbocycles. The first-order valence-electron chi connectivity index (χ1n) is 9.19. The Morgan fingerprint density at radius 1 is 1.42 bits per heavy atom. The lowest BCUT2D eigenvalue weighted by Gasteiger charge is -2.32. The topological polar surface area (TPSA) is 61.8 Å². The molecule has 0 unspecified atom stereocenters. The number of nitrogens with zero attached hydrogens (tertiary/aromatic N) is 5. The maximum absolute atomic E-state index is 14.2. The average molecular weight is 365 g/mol. The molecule has 3 heterocycles. The number of amides is 1. The van der Waals surface area contributed by atoms with Crippen LogP contribution in [0.2, 0.25) is 0 Å². The quantitative estimate of drug-likeness (QED) is 0.785. The van der Waals surface area contributed by atoms with Crippen molar-refractivity contribution in [3.05, 3.63) is 12.3 Å². The highest BCUT2D eigenvalue weighted by molar-refractivity contribution is 5.78. The van der Waals surface area contributed by atoms with Crippen LogP contribution in [0.5, 0.6) is 0 Å². The van der Waals surface area contributed by atoms with Crippen molar-refractivity contribution in [2.45, 2.75) is 31.5 Å². The van der Waals surface area contributed by atoms with E-state index < -0.39 is 6.17 Å². The van der Waals surface area contributed by atoms with Crippen molar-refractivity contribution in [1.82, 2.24) is 14.9 Å². The predicted molar refractivity (Wildman–Crippen MR) is 98.2 cm³/mol. The van der Waals surface area contributed by atoms with Gasteiger partial charge in [-0.3, -0.25) is 4.79 Å². The average Bonchev–Trinajstić information content (AvgIpc) is 3.02. The number of halogens is 1. The van der Waals surface area contributed by atoms with Gasteiger partial charge in [0.15, 0.2) is 0 Å². The molecule has 2 fully saturated rings. The molecule has 3 rings (SSSR count). The third-order valence-corrected chi connectivity index (χ3v) is 5.06. The smallest absolute Gasteiger partial charge is 0.227 e. The van der Waals surface area contributed by atoms with Crippen molar-refractivity contribution >= 4 is 17.7 Å². The molecule has 1 amide bonds. The molecule has 2 aliphatic heterocycles. The summed E-state index contributed by atoms with van der Waals surface area (Å²) in [6.45, 7) is 2.00. The molecular weight excluding hydrogens is 337 g/mol. The van der Waals surface area contributed by atoms with Crippen LogP contribution in [0.3, 0.4) is 0 Å². The molecule has 0 N–H and O–H groups in total. The number of carbonyl (C=O) groups is 1. The van der Waals surface area contributed by atoms with Crippen LogP contribution in [-0.2, 0) is 9.53 Å². The van der Waals surface area contributed by atoms with Gasteiger partial charge in [0.2, 0.25) is 11.9 Å². The third-order valence-electron chi connectivity index (χ3n) is 5.06. The molecule has 26 heavy (non-hydrogen) atoms. The molecule has 0 aliphatic carbocycles. The zero-order valence-electron chi connectivity index (χ0n) is 15.8. The summed E-state index contributed by atoms with van der Waals surface area (Å²) < 4.78 is 19.6. The molecule has 0 bridgehead atoms. The van der Waals surface area contributed by atoms with Gasteiger partial charge in [0.05, 0.1) is 25.1 Å². The minimum atomic E-state index is -0.917. The minimum Gasteiger partial charge on any atom is -0.381 e. The maximum Gasteiger partial charge on any atom is 0.227 e. The first-order chi connectivity index (χ1) is 12.5.